The molecular formula is C7H11F3O5S. The van der Waals surface area contributed by atoms with E-state index in [2.05, 4.69) is 4.74 Å². The smallest absolute Gasteiger partial charge is 0.403 e. The second-order valence-corrected chi connectivity index (χ2v) is 4.43. The van der Waals surface area contributed by atoms with Crippen LogP contribution in [0.2, 0.25) is 0 Å². The Hall–Kier alpha value is -0.830. The minimum absolute atomic E-state index is 0.0931. The van der Waals surface area contributed by atoms with Gasteiger partial charge < -0.3 is 4.74 Å². The van der Waals surface area contributed by atoms with Crippen molar-refractivity contribution in [3.05, 3.63) is 0 Å². The zero-order valence-electron chi connectivity index (χ0n) is 8.32. The summed E-state index contributed by atoms with van der Waals surface area (Å²) in [6, 6.07) is 0. The summed E-state index contributed by atoms with van der Waals surface area (Å²) in [5.74, 6) is -0.920. The molecule has 0 amide bonds. The van der Waals surface area contributed by atoms with E-state index in [0.29, 0.717) is 6.42 Å². The minimum Gasteiger partial charge on any atom is -0.462 e. The summed E-state index contributed by atoms with van der Waals surface area (Å²) < 4.78 is 70.1. The standard InChI is InChI=1S/C7H11F3O5S/c1-2-3-6(11)15-4-5(8)7(9,10)16(12,13)14/h5H,2-4H2,1H3,(H,12,13,14). The predicted octanol–water partition coefficient (Wildman–Crippen LogP) is 1.15. The highest BCUT2D eigenvalue weighted by Gasteiger charge is 2.53. The molecule has 0 saturated carbocycles. The van der Waals surface area contributed by atoms with E-state index >= 15 is 0 Å². The molecular weight excluding hydrogens is 253 g/mol. The third-order valence-electron chi connectivity index (χ3n) is 1.55. The molecule has 16 heavy (non-hydrogen) atoms. The first-order valence-electron chi connectivity index (χ1n) is 4.27. The van der Waals surface area contributed by atoms with Gasteiger partial charge in [0.2, 0.25) is 6.17 Å². The fourth-order valence-corrected chi connectivity index (χ4v) is 1.09. The highest BCUT2D eigenvalue weighted by molar-refractivity contribution is 7.86. The lowest BCUT2D eigenvalue weighted by molar-refractivity contribution is -0.148. The molecule has 0 saturated heterocycles. The molecule has 5 nitrogen and oxygen atoms in total. The summed E-state index contributed by atoms with van der Waals surface area (Å²) in [5, 5.41) is -4.99. The lowest BCUT2D eigenvalue weighted by atomic mass is 10.3. The van der Waals surface area contributed by atoms with Crippen LogP contribution in [0, 0.1) is 0 Å². The summed E-state index contributed by atoms with van der Waals surface area (Å²) in [6.07, 6.45) is -3.02. The van der Waals surface area contributed by atoms with Gasteiger partial charge in [-0.3, -0.25) is 9.35 Å². The first-order chi connectivity index (χ1) is 7.13. The number of hydrogen-bond acceptors (Lipinski definition) is 4. The fourth-order valence-electron chi connectivity index (χ4n) is 0.701. The van der Waals surface area contributed by atoms with Crippen molar-refractivity contribution in [1.82, 2.24) is 0 Å². The van der Waals surface area contributed by atoms with Gasteiger partial charge >= 0.3 is 21.3 Å². The van der Waals surface area contributed by atoms with Crippen LogP contribution >= 0.6 is 0 Å². The molecule has 0 bridgehead atoms. The molecule has 0 radical (unpaired) electrons. The van der Waals surface area contributed by atoms with Gasteiger partial charge in [-0.1, -0.05) is 6.92 Å². The van der Waals surface area contributed by atoms with Crippen LogP contribution in [0.5, 0.6) is 0 Å². The van der Waals surface area contributed by atoms with E-state index in [0.717, 1.165) is 0 Å². The first kappa shape index (κ1) is 15.2. The fraction of sp³-hybridized carbons (Fsp3) is 0.857. The van der Waals surface area contributed by atoms with Gasteiger partial charge in [-0.2, -0.15) is 17.2 Å². The number of carbonyl (C=O) groups excluding carboxylic acids is 1. The second-order valence-electron chi connectivity index (χ2n) is 2.94. The lowest BCUT2D eigenvalue weighted by Crippen LogP contribution is -2.41. The Balaban J connectivity index is 4.37. The quantitative estimate of drug-likeness (QED) is 0.575. The highest BCUT2D eigenvalue weighted by atomic mass is 32.2. The molecule has 96 valence electrons. The maximum absolute atomic E-state index is 12.7. The monoisotopic (exact) mass is 264 g/mol. The molecule has 0 aliphatic rings. The largest absolute Gasteiger partial charge is 0.462 e. The number of carbonyl (C=O) groups is 1. The van der Waals surface area contributed by atoms with E-state index < -0.39 is 34.1 Å². The third-order valence-corrected chi connectivity index (χ3v) is 2.50. The molecule has 0 aromatic heterocycles. The maximum Gasteiger partial charge on any atom is 0.403 e. The average molecular weight is 264 g/mol. The van der Waals surface area contributed by atoms with Crippen LogP contribution in [-0.2, 0) is 19.6 Å². The van der Waals surface area contributed by atoms with Crippen LogP contribution in [0.3, 0.4) is 0 Å². The van der Waals surface area contributed by atoms with Gasteiger partial charge in [-0.05, 0) is 6.42 Å². The van der Waals surface area contributed by atoms with E-state index in [4.69, 9.17) is 4.55 Å². The molecule has 1 unspecified atom stereocenters. The summed E-state index contributed by atoms with van der Waals surface area (Å²) >= 11 is 0. The van der Waals surface area contributed by atoms with Gasteiger partial charge in [0.15, 0.2) is 0 Å². The zero-order chi connectivity index (χ0) is 13.0. The van der Waals surface area contributed by atoms with E-state index in [1.165, 1.54) is 0 Å². The Morgan fingerprint density at radius 2 is 2.00 bits per heavy atom. The Labute approximate surface area is 90.3 Å². The third kappa shape index (κ3) is 3.97. The topological polar surface area (TPSA) is 80.7 Å². The normalized spacial score (nSPS) is 14.6. The summed E-state index contributed by atoms with van der Waals surface area (Å²) in [7, 11) is -5.86. The van der Waals surface area contributed by atoms with Crippen molar-refractivity contribution in [2.45, 2.75) is 31.2 Å². The van der Waals surface area contributed by atoms with Crippen LogP contribution in [0.15, 0.2) is 0 Å². The van der Waals surface area contributed by atoms with Crippen LogP contribution < -0.4 is 0 Å². The Kier molecular flexibility index (Phi) is 5.20. The Morgan fingerprint density at radius 1 is 1.50 bits per heavy atom. The minimum atomic E-state index is -5.86. The van der Waals surface area contributed by atoms with Gasteiger partial charge in [0, 0.05) is 6.42 Å². The number of rotatable bonds is 6. The van der Waals surface area contributed by atoms with Crippen molar-refractivity contribution in [1.29, 1.82) is 0 Å². The molecule has 0 aromatic rings. The van der Waals surface area contributed by atoms with E-state index in [1.54, 1.807) is 6.92 Å². The first-order valence-corrected chi connectivity index (χ1v) is 5.71. The average Bonchev–Trinajstić information content (AvgIpc) is 2.12. The van der Waals surface area contributed by atoms with E-state index in [-0.39, 0.29) is 6.42 Å². The molecule has 9 heteroatoms. The molecule has 0 aliphatic carbocycles. The highest BCUT2D eigenvalue weighted by Crippen LogP contribution is 2.27. The maximum atomic E-state index is 12.7. The molecule has 0 spiro atoms. The van der Waals surface area contributed by atoms with Gasteiger partial charge in [0.25, 0.3) is 0 Å². The molecule has 0 rings (SSSR count). The number of esters is 1. The van der Waals surface area contributed by atoms with Crippen molar-refractivity contribution >= 4 is 16.1 Å². The van der Waals surface area contributed by atoms with Crippen LogP contribution in [0.4, 0.5) is 13.2 Å². The van der Waals surface area contributed by atoms with Crippen molar-refractivity contribution in [3.63, 3.8) is 0 Å². The molecule has 1 atom stereocenters. The SMILES string of the molecule is CCCC(=O)OCC(F)C(F)(F)S(=O)(=O)O. The molecule has 0 heterocycles. The van der Waals surface area contributed by atoms with Crippen LogP contribution in [-0.4, -0.2) is 37.0 Å². The van der Waals surface area contributed by atoms with Gasteiger partial charge in [-0.25, -0.2) is 4.39 Å². The number of hydrogen-bond donors (Lipinski definition) is 1. The number of alkyl halides is 3. The van der Waals surface area contributed by atoms with Gasteiger partial charge in [0.05, 0.1) is 0 Å². The van der Waals surface area contributed by atoms with Gasteiger partial charge in [0.1, 0.15) is 6.61 Å². The molecule has 0 aliphatic heterocycles. The molecule has 0 aromatic carbocycles. The van der Waals surface area contributed by atoms with Crippen LogP contribution in [0.1, 0.15) is 19.8 Å². The summed E-state index contributed by atoms with van der Waals surface area (Å²) in [5.41, 5.74) is 0. The van der Waals surface area contributed by atoms with Crippen molar-refractivity contribution in [3.8, 4) is 0 Å². The lowest BCUT2D eigenvalue weighted by Gasteiger charge is -2.17. The summed E-state index contributed by atoms with van der Waals surface area (Å²) in [6.45, 7) is 0.187. The summed E-state index contributed by atoms with van der Waals surface area (Å²) in [4.78, 5) is 10.7. The van der Waals surface area contributed by atoms with Crippen molar-refractivity contribution in [2.24, 2.45) is 0 Å². The number of ether oxygens (including phenoxy) is 1. The van der Waals surface area contributed by atoms with E-state index in [9.17, 15) is 26.4 Å². The second kappa shape index (κ2) is 5.48. The van der Waals surface area contributed by atoms with Gasteiger partial charge in [-0.15, -0.1) is 0 Å². The predicted molar refractivity (Wildman–Crippen MR) is 47.3 cm³/mol. The van der Waals surface area contributed by atoms with E-state index in [1.807, 2.05) is 0 Å². The Bertz CT molecular complexity index is 340. The zero-order valence-corrected chi connectivity index (χ0v) is 9.14. The molecule has 0 fully saturated rings. The van der Waals surface area contributed by atoms with Crippen molar-refractivity contribution < 1.29 is 35.7 Å². The number of halogens is 3. The van der Waals surface area contributed by atoms with Crippen molar-refractivity contribution in [2.75, 3.05) is 6.61 Å². The van der Waals surface area contributed by atoms with Crippen LogP contribution in [0.25, 0.3) is 0 Å². The Morgan fingerprint density at radius 3 is 2.38 bits per heavy atom. The molecule has 1 N–H and O–H groups in total.